The van der Waals surface area contributed by atoms with Crippen LogP contribution in [0.5, 0.6) is 0 Å². The Morgan fingerprint density at radius 1 is 1.12 bits per heavy atom. The molecule has 1 fully saturated rings. The fraction of sp³-hybridized carbons (Fsp3) is 0.333. The lowest BCUT2D eigenvalue weighted by molar-refractivity contribution is -0.135. The van der Waals surface area contributed by atoms with E-state index in [1.807, 2.05) is 18.2 Å². The summed E-state index contributed by atoms with van der Waals surface area (Å²) >= 11 is 0. The number of hydrogen-bond acceptors (Lipinski definition) is 5. The van der Waals surface area contributed by atoms with E-state index in [9.17, 15) is 9.59 Å². The molecule has 0 saturated carbocycles. The number of nitrogens with zero attached hydrogens (tertiary/aromatic N) is 6. The van der Waals surface area contributed by atoms with Crippen molar-refractivity contribution in [3.63, 3.8) is 0 Å². The van der Waals surface area contributed by atoms with Gasteiger partial charge in [0.15, 0.2) is 0 Å². The number of fused-ring (bicyclic) bond motifs is 1. The van der Waals surface area contributed by atoms with Crippen molar-refractivity contribution in [2.24, 2.45) is 0 Å². The molecule has 1 atom stereocenters. The number of anilines is 1. The number of carbonyl (C=O) groups excluding carboxylic acids is 1. The lowest BCUT2D eigenvalue weighted by Crippen LogP contribution is -2.51. The number of aromatic nitrogens is 4. The molecule has 1 aliphatic heterocycles. The summed E-state index contributed by atoms with van der Waals surface area (Å²) < 4.78 is 2.92. The zero-order valence-corrected chi connectivity index (χ0v) is 14.5. The Morgan fingerprint density at radius 2 is 1.92 bits per heavy atom. The lowest BCUT2D eigenvalue weighted by atomic mass is 10.2. The molecule has 0 aromatic carbocycles. The third kappa shape index (κ3) is 2.83. The maximum atomic E-state index is 12.9. The molecule has 0 spiro atoms. The van der Waals surface area contributed by atoms with E-state index in [-0.39, 0.29) is 11.5 Å². The highest BCUT2D eigenvalue weighted by Crippen LogP contribution is 2.15. The highest BCUT2D eigenvalue weighted by molar-refractivity contribution is 5.80. The summed E-state index contributed by atoms with van der Waals surface area (Å²) in [5, 5.41) is 4.16. The molecule has 3 aromatic heterocycles. The van der Waals surface area contributed by atoms with Gasteiger partial charge in [-0.15, -0.1) is 0 Å². The molecular formula is C18H20N6O2. The summed E-state index contributed by atoms with van der Waals surface area (Å²) in [6.07, 6.45) is 5.09. The second-order valence-corrected chi connectivity index (χ2v) is 6.36. The van der Waals surface area contributed by atoms with Crippen LogP contribution in [0, 0.1) is 0 Å². The molecular weight excluding hydrogens is 332 g/mol. The Hall–Kier alpha value is -3.16. The van der Waals surface area contributed by atoms with Gasteiger partial charge in [-0.3, -0.25) is 9.59 Å². The summed E-state index contributed by atoms with van der Waals surface area (Å²) in [4.78, 5) is 33.7. The predicted molar refractivity (Wildman–Crippen MR) is 97.2 cm³/mol. The Morgan fingerprint density at radius 3 is 2.65 bits per heavy atom. The average molecular weight is 352 g/mol. The second kappa shape index (κ2) is 6.62. The minimum atomic E-state index is -0.635. The molecule has 0 N–H and O–H groups in total. The third-order valence-electron chi connectivity index (χ3n) is 4.80. The number of pyridine rings is 1. The molecule has 8 nitrogen and oxygen atoms in total. The minimum absolute atomic E-state index is 0.0869. The zero-order chi connectivity index (χ0) is 18.1. The summed E-state index contributed by atoms with van der Waals surface area (Å²) in [7, 11) is 0. The van der Waals surface area contributed by atoms with Crippen LogP contribution in [0.1, 0.15) is 13.0 Å². The zero-order valence-electron chi connectivity index (χ0n) is 14.5. The first-order valence-electron chi connectivity index (χ1n) is 8.64. The number of amides is 1. The van der Waals surface area contributed by atoms with Crippen LogP contribution < -0.4 is 10.5 Å². The normalized spacial score (nSPS) is 16.0. The van der Waals surface area contributed by atoms with Crippen LogP contribution in [0.15, 0.2) is 53.8 Å². The van der Waals surface area contributed by atoms with Crippen molar-refractivity contribution in [1.82, 2.24) is 24.1 Å². The second-order valence-electron chi connectivity index (χ2n) is 6.36. The smallest absolute Gasteiger partial charge is 0.291 e. The Bertz CT molecular complexity index is 972. The minimum Gasteiger partial charge on any atom is -0.353 e. The van der Waals surface area contributed by atoms with Gasteiger partial charge in [0.2, 0.25) is 5.91 Å². The van der Waals surface area contributed by atoms with Gasteiger partial charge in [0.1, 0.15) is 23.7 Å². The van der Waals surface area contributed by atoms with Crippen LogP contribution >= 0.6 is 0 Å². The first-order chi connectivity index (χ1) is 12.6. The fourth-order valence-electron chi connectivity index (χ4n) is 3.30. The van der Waals surface area contributed by atoms with Gasteiger partial charge in [0.25, 0.3) is 5.56 Å². The highest BCUT2D eigenvalue weighted by Gasteiger charge is 2.27. The summed E-state index contributed by atoms with van der Waals surface area (Å²) in [6, 6.07) is 8.69. The molecule has 0 aliphatic carbocycles. The van der Waals surface area contributed by atoms with Gasteiger partial charge < -0.3 is 14.2 Å². The van der Waals surface area contributed by atoms with E-state index in [1.165, 1.54) is 4.68 Å². The molecule has 134 valence electrons. The van der Waals surface area contributed by atoms with Crippen LogP contribution in [0.4, 0.5) is 5.82 Å². The van der Waals surface area contributed by atoms with Gasteiger partial charge in [0.05, 0.1) is 0 Å². The number of rotatable bonds is 3. The van der Waals surface area contributed by atoms with Crippen LogP contribution in [0.3, 0.4) is 0 Å². The van der Waals surface area contributed by atoms with Gasteiger partial charge in [-0.25, -0.2) is 9.67 Å². The standard InChI is InChI=1S/C18H20N6O2/c1-14(24-18(26)15-5-4-8-23(15)13-20-24)17(25)22-11-9-21(10-12-22)16-6-2-3-7-19-16/h2-8,13-14H,9-12H2,1H3. The van der Waals surface area contributed by atoms with E-state index in [1.54, 1.807) is 47.1 Å². The van der Waals surface area contributed by atoms with E-state index >= 15 is 0 Å². The molecule has 8 heteroatoms. The molecule has 3 aromatic rings. The van der Waals surface area contributed by atoms with Crippen molar-refractivity contribution in [1.29, 1.82) is 0 Å². The SMILES string of the molecule is CC(C(=O)N1CCN(c2ccccn2)CC1)n1ncn2cccc2c1=O. The Balaban J connectivity index is 1.47. The van der Waals surface area contributed by atoms with Crippen molar-refractivity contribution in [3.8, 4) is 0 Å². The van der Waals surface area contributed by atoms with Crippen molar-refractivity contribution in [2.75, 3.05) is 31.1 Å². The molecule has 0 bridgehead atoms. The Labute approximate surface area is 150 Å². The van der Waals surface area contributed by atoms with Crippen molar-refractivity contribution in [3.05, 3.63) is 59.4 Å². The van der Waals surface area contributed by atoms with E-state index in [0.29, 0.717) is 18.6 Å². The van der Waals surface area contributed by atoms with Crippen LogP contribution in [-0.4, -0.2) is 56.2 Å². The van der Waals surface area contributed by atoms with Gasteiger partial charge in [-0.1, -0.05) is 6.07 Å². The molecule has 4 rings (SSSR count). The quantitative estimate of drug-likeness (QED) is 0.697. The first-order valence-corrected chi connectivity index (χ1v) is 8.64. The maximum Gasteiger partial charge on any atom is 0.291 e. The van der Waals surface area contributed by atoms with Gasteiger partial charge in [-0.05, 0) is 31.2 Å². The molecule has 26 heavy (non-hydrogen) atoms. The molecule has 0 radical (unpaired) electrons. The number of piperazine rings is 1. The largest absolute Gasteiger partial charge is 0.353 e. The molecule has 1 amide bonds. The Kier molecular flexibility index (Phi) is 4.16. The average Bonchev–Trinajstić information content (AvgIpc) is 3.18. The van der Waals surface area contributed by atoms with E-state index in [0.717, 1.165) is 18.9 Å². The number of carbonyl (C=O) groups is 1. The molecule has 1 aliphatic rings. The monoisotopic (exact) mass is 352 g/mol. The van der Waals surface area contributed by atoms with Crippen molar-refractivity contribution in [2.45, 2.75) is 13.0 Å². The van der Waals surface area contributed by atoms with E-state index in [2.05, 4.69) is 15.0 Å². The lowest BCUT2D eigenvalue weighted by Gasteiger charge is -2.36. The molecule has 1 saturated heterocycles. The van der Waals surface area contributed by atoms with Crippen LogP contribution in [-0.2, 0) is 4.79 Å². The highest BCUT2D eigenvalue weighted by atomic mass is 16.2. The van der Waals surface area contributed by atoms with Gasteiger partial charge in [-0.2, -0.15) is 5.10 Å². The van der Waals surface area contributed by atoms with E-state index in [4.69, 9.17) is 0 Å². The first kappa shape index (κ1) is 16.3. The van der Waals surface area contributed by atoms with Gasteiger partial charge >= 0.3 is 0 Å². The van der Waals surface area contributed by atoms with E-state index < -0.39 is 6.04 Å². The fourth-order valence-corrected chi connectivity index (χ4v) is 3.30. The molecule has 4 heterocycles. The summed E-state index contributed by atoms with van der Waals surface area (Å²) in [5.41, 5.74) is 0.255. The summed E-state index contributed by atoms with van der Waals surface area (Å²) in [6.45, 7) is 4.36. The van der Waals surface area contributed by atoms with Crippen LogP contribution in [0.25, 0.3) is 5.52 Å². The van der Waals surface area contributed by atoms with Gasteiger partial charge in [0, 0.05) is 38.6 Å². The van der Waals surface area contributed by atoms with Crippen molar-refractivity contribution < 1.29 is 4.79 Å². The summed E-state index contributed by atoms with van der Waals surface area (Å²) in [5.74, 6) is 0.834. The number of hydrogen-bond donors (Lipinski definition) is 0. The topological polar surface area (TPSA) is 75.7 Å². The predicted octanol–water partition coefficient (Wildman–Crippen LogP) is 0.801. The van der Waals surface area contributed by atoms with Crippen molar-refractivity contribution >= 4 is 17.2 Å². The van der Waals surface area contributed by atoms with Crippen LogP contribution in [0.2, 0.25) is 0 Å². The third-order valence-corrected chi connectivity index (χ3v) is 4.80. The molecule has 1 unspecified atom stereocenters. The maximum absolute atomic E-state index is 12.9.